The van der Waals surface area contributed by atoms with E-state index in [0.717, 1.165) is 25.2 Å². The summed E-state index contributed by atoms with van der Waals surface area (Å²) in [7, 11) is 0. The minimum Gasteiger partial charge on any atom is -0.379 e. The predicted molar refractivity (Wildman–Crippen MR) is 106 cm³/mol. The van der Waals surface area contributed by atoms with E-state index in [0.29, 0.717) is 37.5 Å². The molecule has 2 aliphatic rings. The minimum atomic E-state index is -0.308. The summed E-state index contributed by atoms with van der Waals surface area (Å²) in [6.07, 6.45) is 3.35. The van der Waals surface area contributed by atoms with Crippen LogP contribution in [0.15, 0.2) is 42.7 Å². The van der Waals surface area contributed by atoms with Crippen molar-refractivity contribution in [3.05, 3.63) is 65.2 Å². The Kier molecular flexibility index (Phi) is 6.18. The number of hydrogen-bond acceptors (Lipinski definition) is 5. The van der Waals surface area contributed by atoms with Gasteiger partial charge in [0.15, 0.2) is 0 Å². The standard InChI is InChI=1S/C22H26FN3O3/c1-16-13-17(4-5-19(16)23)22(27)26-9-12-29-20(15-25-7-10-28-11-8-25)21(26)18-3-2-6-24-14-18/h2-6,13-14,20-21H,7-12,15H2,1H3/t20-,21-/m0/s1. The third-order valence-electron chi connectivity index (χ3n) is 5.59. The highest BCUT2D eigenvalue weighted by atomic mass is 19.1. The number of hydrogen-bond donors (Lipinski definition) is 0. The highest BCUT2D eigenvalue weighted by Crippen LogP contribution is 2.31. The zero-order chi connectivity index (χ0) is 20.2. The Hall–Kier alpha value is -2.35. The Bertz CT molecular complexity index is 842. The van der Waals surface area contributed by atoms with Crippen molar-refractivity contribution in [2.24, 2.45) is 0 Å². The Morgan fingerprint density at radius 1 is 1.21 bits per heavy atom. The lowest BCUT2D eigenvalue weighted by Crippen LogP contribution is -2.53. The van der Waals surface area contributed by atoms with E-state index < -0.39 is 0 Å². The van der Waals surface area contributed by atoms with E-state index in [-0.39, 0.29) is 23.9 Å². The molecule has 2 saturated heterocycles. The Morgan fingerprint density at radius 3 is 2.76 bits per heavy atom. The van der Waals surface area contributed by atoms with Crippen LogP contribution in [-0.2, 0) is 9.47 Å². The van der Waals surface area contributed by atoms with Crippen molar-refractivity contribution in [1.29, 1.82) is 0 Å². The molecule has 7 heteroatoms. The zero-order valence-corrected chi connectivity index (χ0v) is 16.6. The van der Waals surface area contributed by atoms with Crippen molar-refractivity contribution in [2.45, 2.75) is 19.1 Å². The highest BCUT2D eigenvalue weighted by molar-refractivity contribution is 5.94. The van der Waals surface area contributed by atoms with Gasteiger partial charge in [-0.15, -0.1) is 0 Å². The molecular weight excluding hydrogens is 373 g/mol. The molecule has 2 fully saturated rings. The summed E-state index contributed by atoms with van der Waals surface area (Å²) >= 11 is 0. The van der Waals surface area contributed by atoms with Gasteiger partial charge < -0.3 is 14.4 Å². The maximum Gasteiger partial charge on any atom is 0.254 e. The van der Waals surface area contributed by atoms with E-state index in [9.17, 15) is 9.18 Å². The molecule has 0 bridgehead atoms. The molecule has 0 radical (unpaired) electrons. The number of carbonyl (C=O) groups excluding carboxylic acids is 1. The number of aryl methyl sites for hydroxylation is 1. The van der Waals surface area contributed by atoms with Crippen molar-refractivity contribution in [3.63, 3.8) is 0 Å². The van der Waals surface area contributed by atoms with Gasteiger partial charge in [0.1, 0.15) is 5.82 Å². The number of carbonyl (C=O) groups is 1. The molecule has 2 aliphatic heterocycles. The maximum atomic E-state index is 13.7. The van der Waals surface area contributed by atoms with E-state index in [2.05, 4.69) is 9.88 Å². The van der Waals surface area contributed by atoms with Crippen LogP contribution in [0.5, 0.6) is 0 Å². The van der Waals surface area contributed by atoms with Gasteiger partial charge in [-0.25, -0.2) is 4.39 Å². The van der Waals surface area contributed by atoms with Crippen molar-refractivity contribution < 1.29 is 18.7 Å². The van der Waals surface area contributed by atoms with Gasteiger partial charge in [0.2, 0.25) is 0 Å². The van der Waals surface area contributed by atoms with Crippen LogP contribution in [0.25, 0.3) is 0 Å². The van der Waals surface area contributed by atoms with Crippen LogP contribution in [-0.4, -0.2) is 72.8 Å². The number of amides is 1. The molecular formula is C22H26FN3O3. The molecule has 6 nitrogen and oxygen atoms in total. The minimum absolute atomic E-state index is 0.114. The SMILES string of the molecule is Cc1cc(C(=O)N2CCO[C@@H](CN3CCOCC3)[C@@H]2c2cccnc2)ccc1F. The quantitative estimate of drug-likeness (QED) is 0.791. The van der Waals surface area contributed by atoms with Gasteiger partial charge in [0, 0.05) is 44.1 Å². The third kappa shape index (κ3) is 4.47. The number of rotatable bonds is 4. The second-order valence-corrected chi connectivity index (χ2v) is 7.52. The third-order valence-corrected chi connectivity index (χ3v) is 5.59. The molecule has 1 aromatic carbocycles. The van der Waals surface area contributed by atoms with E-state index in [1.54, 1.807) is 31.5 Å². The van der Waals surface area contributed by atoms with Gasteiger partial charge in [0.25, 0.3) is 5.91 Å². The van der Waals surface area contributed by atoms with Crippen LogP contribution in [0.4, 0.5) is 4.39 Å². The lowest BCUT2D eigenvalue weighted by Gasteiger charge is -2.43. The first-order chi connectivity index (χ1) is 14.1. The smallest absolute Gasteiger partial charge is 0.254 e. The Balaban J connectivity index is 1.63. The van der Waals surface area contributed by atoms with Gasteiger partial charge >= 0.3 is 0 Å². The van der Waals surface area contributed by atoms with Crippen molar-refractivity contribution in [3.8, 4) is 0 Å². The lowest BCUT2D eigenvalue weighted by atomic mass is 9.97. The highest BCUT2D eigenvalue weighted by Gasteiger charge is 2.38. The number of nitrogens with zero attached hydrogens (tertiary/aromatic N) is 3. The number of benzene rings is 1. The van der Waals surface area contributed by atoms with Gasteiger partial charge in [-0.05, 0) is 42.3 Å². The van der Waals surface area contributed by atoms with E-state index >= 15 is 0 Å². The molecule has 0 N–H and O–H groups in total. The molecule has 1 amide bonds. The van der Waals surface area contributed by atoms with Gasteiger partial charge in [-0.3, -0.25) is 14.7 Å². The molecule has 3 heterocycles. The summed E-state index contributed by atoms with van der Waals surface area (Å²) in [5, 5.41) is 0. The zero-order valence-electron chi connectivity index (χ0n) is 16.6. The largest absolute Gasteiger partial charge is 0.379 e. The average molecular weight is 399 g/mol. The summed E-state index contributed by atoms with van der Waals surface area (Å²) < 4.78 is 25.3. The molecule has 154 valence electrons. The second kappa shape index (κ2) is 8.98. The van der Waals surface area contributed by atoms with E-state index in [1.807, 2.05) is 17.0 Å². The summed E-state index contributed by atoms with van der Waals surface area (Å²) in [6, 6.07) is 8.13. The van der Waals surface area contributed by atoms with E-state index in [1.165, 1.54) is 6.07 Å². The van der Waals surface area contributed by atoms with Crippen molar-refractivity contribution >= 4 is 5.91 Å². The molecule has 0 saturated carbocycles. The number of aromatic nitrogens is 1. The van der Waals surface area contributed by atoms with Crippen LogP contribution in [0.2, 0.25) is 0 Å². The molecule has 0 spiro atoms. The van der Waals surface area contributed by atoms with Gasteiger partial charge in [-0.2, -0.15) is 0 Å². The van der Waals surface area contributed by atoms with Crippen LogP contribution >= 0.6 is 0 Å². The fraction of sp³-hybridized carbons (Fsp3) is 0.455. The molecule has 2 atom stereocenters. The van der Waals surface area contributed by atoms with Crippen LogP contribution in [0.1, 0.15) is 27.5 Å². The molecule has 0 aliphatic carbocycles. The maximum absolute atomic E-state index is 13.7. The summed E-state index contributed by atoms with van der Waals surface area (Å²) in [5.41, 5.74) is 1.90. The number of ether oxygens (including phenoxy) is 2. The van der Waals surface area contributed by atoms with E-state index in [4.69, 9.17) is 9.47 Å². The fourth-order valence-electron chi connectivity index (χ4n) is 4.04. The first kappa shape index (κ1) is 19.9. The van der Waals surface area contributed by atoms with Crippen LogP contribution in [0, 0.1) is 12.7 Å². The number of morpholine rings is 2. The van der Waals surface area contributed by atoms with Gasteiger partial charge in [-0.1, -0.05) is 6.07 Å². The van der Waals surface area contributed by atoms with Crippen molar-refractivity contribution in [2.75, 3.05) is 46.0 Å². The summed E-state index contributed by atoms with van der Waals surface area (Å²) in [6.45, 7) is 6.46. The molecule has 1 aromatic heterocycles. The first-order valence-electron chi connectivity index (χ1n) is 10.0. The summed E-state index contributed by atoms with van der Waals surface area (Å²) in [4.78, 5) is 21.8. The molecule has 2 aromatic rings. The Labute approximate surface area is 170 Å². The number of halogens is 1. The van der Waals surface area contributed by atoms with Crippen LogP contribution in [0.3, 0.4) is 0 Å². The second-order valence-electron chi connectivity index (χ2n) is 7.52. The monoisotopic (exact) mass is 399 g/mol. The molecule has 0 unspecified atom stereocenters. The summed E-state index contributed by atoms with van der Waals surface area (Å²) in [5.74, 6) is -0.422. The van der Waals surface area contributed by atoms with Crippen molar-refractivity contribution in [1.82, 2.24) is 14.8 Å². The first-order valence-corrected chi connectivity index (χ1v) is 10.0. The predicted octanol–water partition coefficient (Wildman–Crippen LogP) is 2.44. The topological polar surface area (TPSA) is 54.9 Å². The fourth-order valence-corrected chi connectivity index (χ4v) is 4.04. The molecule has 4 rings (SSSR count). The lowest BCUT2D eigenvalue weighted by molar-refractivity contribution is -0.0819. The Morgan fingerprint density at radius 2 is 2.03 bits per heavy atom. The average Bonchev–Trinajstić information content (AvgIpc) is 2.76. The van der Waals surface area contributed by atoms with Gasteiger partial charge in [0.05, 0.1) is 32.0 Å². The normalized spacial score (nSPS) is 23.2. The van der Waals surface area contributed by atoms with Crippen LogP contribution < -0.4 is 0 Å². The number of pyridine rings is 1. The molecule has 29 heavy (non-hydrogen) atoms.